The smallest absolute Gasteiger partial charge is 0.190 e. The van der Waals surface area contributed by atoms with Crippen molar-refractivity contribution in [3.8, 4) is 0 Å². The molecule has 0 aliphatic heterocycles. The van der Waals surface area contributed by atoms with Gasteiger partial charge in [-0.05, 0) is 67.3 Å². The van der Waals surface area contributed by atoms with Gasteiger partial charge in [-0.3, -0.25) is 9.59 Å². The summed E-state index contributed by atoms with van der Waals surface area (Å²) in [5, 5.41) is 21.3. The Labute approximate surface area is 179 Å². The Bertz CT molecular complexity index is 761. The van der Waals surface area contributed by atoms with Gasteiger partial charge in [-0.15, -0.1) is 0 Å². The van der Waals surface area contributed by atoms with E-state index < -0.39 is 23.7 Å². The molecule has 4 aliphatic rings. The van der Waals surface area contributed by atoms with E-state index in [0.717, 1.165) is 25.7 Å². The maximum atomic E-state index is 13.1. The number of allylic oxidation sites excluding steroid dienone is 1. The number of ether oxygens (including phenoxy) is 2. The van der Waals surface area contributed by atoms with Crippen LogP contribution in [0.5, 0.6) is 0 Å². The minimum Gasteiger partial charge on any atom is -0.393 e. The molecule has 0 bridgehead atoms. The van der Waals surface area contributed by atoms with Gasteiger partial charge >= 0.3 is 0 Å². The van der Waals surface area contributed by atoms with Crippen LogP contribution in [-0.4, -0.2) is 54.0 Å². The number of rotatable bonds is 5. The summed E-state index contributed by atoms with van der Waals surface area (Å²) in [6.07, 6.45) is 5.64. The number of ketones is 2. The molecule has 3 fully saturated rings. The summed E-state index contributed by atoms with van der Waals surface area (Å²) >= 11 is 0. The summed E-state index contributed by atoms with van der Waals surface area (Å²) < 4.78 is 11.3. The predicted octanol–water partition coefficient (Wildman–Crippen LogP) is 2.66. The molecule has 2 N–H and O–H groups in total. The predicted molar refractivity (Wildman–Crippen MR) is 110 cm³/mol. The van der Waals surface area contributed by atoms with Gasteiger partial charge in [0.15, 0.2) is 11.6 Å². The van der Waals surface area contributed by atoms with Crippen LogP contribution in [0.3, 0.4) is 0 Å². The second-order valence-corrected chi connectivity index (χ2v) is 10.6. The summed E-state index contributed by atoms with van der Waals surface area (Å²) in [7, 11) is 1.53. The van der Waals surface area contributed by atoms with E-state index in [1.54, 1.807) is 0 Å². The summed E-state index contributed by atoms with van der Waals surface area (Å²) in [5.41, 5.74) is -0.705. The van der Waals surface area contributed by atoms with Crippen molar-refractivity contribution in [3.05, 3.63) is 11.6 Å². The van der Waals surface area contributed by atoms with Crippen molar-refractivity contribution in [1.82, 2.24) is 0 Å². The average molecular weight is 421 g/mol. The molecule has 0 spiro atoms. The molecular formula is C24H36O6. The molecule has 168 valence electrons. The van der Waals surface area contributed by atoms with Gasteiger partial charge in [0.2, 0.25) is 0 Å². The molecule has 8 atom stereocenters. The Morgan fingerprint density at radius 1 is 1.30 bits per heavy atom. The van der Waals surface area contributed by atoms with Crippen LogP contribution in [0.1, 0.15) is 59.3 Å². The third-order valence-electron chi connectivity index (χ3n) is 9.40. The van der Waals surface area contributed by atoms with E-state index in [2.05, 4.69) is 13.8 Å². The summed E-state index contributed by atoms with van der Waals surface area (Å²) in [6, 6.07) is 0. The average Bonchev–Trinajstić information content (AvgIpc) is 2.93. The van der Waals surface area contributed by atoms with Crippen LogP contribution >= 0.6 is 0 Å². The fraction of sp³-hybridized carbons (Fsp3) is 0.833. The molecule has 30 heavy (non-hydrogen) atoms. The molecule has 0 aromatic carbocycles. The van der Waals surface area contributed by atoms with Crippen LogP contribution < -0.4 is 0 Å². The monoisotopic (exact) mass is 420 g/mol. The zero-order valence-electron chi connectivity index (χ0n) is 18.6. The highest BCUT2D eigenvalue weighted by Gasteiger charge is 2.71. The van der Waals surface area contributed by atoms with Crippen LogP contribution in [0.25, 0.3) is 0 Å². The lowest BCUT2D eigenvalue weighted by Gasteiger charge is -2.61. The number of hydrogen-bond acceptors (Lipinski definition) is 6. The minimum atomic E-state index is -1.16. The standard InChI is InChI=1S/C24H36O6/c1-14-9-18-17-6-5-15-10-16(26)7-8-22(15,2)21(17)19(27)11-23(18,3)24(14,20(28)12-25)30-13-29-4/h10,14,17-19,21,25,27H,5-9,11-13H2,1-4H3/t14-,17-,18-,19-,21+,22-,23-,24-/m0/s1. The van der Waals surface area contributed by atoms with Crippen LogP contribution in [0.15, 0.2) is 11.6 Å². The van der Waals surface area contributed by atoms with Crippen molar-refractivity contribution >= 4 is 11.6 Å². The first-order chi connectivity index (χ1) is 14.2. The highest BCUT2D eigenvalue weighted by molar-refractivity contribution is 5.92. The van der Waals surface area contributed by atoms with Gasteiger partial charge in [0.1, 0.15) is 19.0 Å². The van der Waals surface area contributed by atoms with Gasteiger partial charge in [0.25, 0.3) is 0 Å². The second-order valence-electron chi connectivity index (χ2n) is 10.6. The van der Waals surface area contributed by atoms with Gasteiger partial charge in [-0.1, -0.05) is 26.3 Å². The third kappa shape index (κ3) is 2.76. The highest BCUT2D eigenvalue weighted by atomic mass is 16.7. The molecule has 3 saturated carbocycles. The number of methoxy groups -OCH3 is 1. The fourth-order valence-corrected chi connectivity index (χ4v) is 8.26. The maximum Gasteiger partial charge on any atom is 0.190 e. The maximum absolute atomic E-state index is 13.1. The molecule has 6 heteroatoms. The topological polar surface area (TPSA) is 93.1 Å². The van der Waals surface area contributed by atoms with E-state index in [-0.39, 0.29) is 47.4 Å². The number of aliphatic hydroxyl groups is 2. The van der Waals surface area contributed by atoms with Crippen molar-refractivity contribution in [3.63, 3.8) is 0 Å². The van der Waals surface area contributed by atoms with Crippen molar-refractivity contribution in [2.45, 2.75) is 71.0 Å². The lowest BCUT2D eigenvalue weighted by atomic mass is 9.45. The van der Waals surface area contributed by atoms with Gasteiger partial charge in [0, 0.05) is 18.9 Å². The molecular weight excluding hydrogens is 384 g/mol. The Hall–Kier alpha value is -1.08. The van der Waals surface area contributed by atoms with Gasteiger partial charge in [-0.25, -0.2) is 0 Å². The molecule has 0 amide bonds. The van der Waals surface area contributed by atoms with Gasteiger partial charge in [0.05, 0.1) is 6.10 Å². The molecule has 0 radical (unpaired) electrons. The molecule has 4 aliphatic carbocycles. The van der Waals surface area contributed by atoms with Gasteiger partial charge < -0.3 is 19.7 Å². The molecule has 0 aromatic heterocycles. The van der Waals surface area contributed by atoms with Gasteiger partial charge in [-0.2, -0.15) is 0 Å². The quantitative estimate of drug-likeness (QED) is 0.664. The Balaban J connectivity index is 1.77. The number of hydrogen-bond donors (Lipinski definition) is 2. The van der Waals surface area contributed by atoms with Crippen molar-refractivity contribution in [2.75, 3.05) is 20.5 Å². The third-order valence-corrected chi connectivity index (χ3v) is 9.40. The van der Waals surface area contributed by atoms with E-state index in [1.807, 2.05) is 13.0 Å². The molecule has 0 heterocycles. The molecule has 0 aromatic rings. The van der Waals surface area contributed by atoms with E-state index in [4.69, 9.17) is 9.47 Å². The largest absolute Gasteiger partial charge is 0.393 e. The number of fused-ring (bicyclic) bond motifs is 5. The molecule has 0 saturated heterocycles. The second kappa shape index (κ2) is 7.51. The van der Waals surface area contributed by atoms with E-state index in [9.17, 15) is 19.8 Å². The Morgan fingerprint density at radius 3 is 2.70 bits per heavy atom. The first-order valence-electron chi connectivity index (χ1n) is 11.3. The van der Waals surface area contributed by atoms with E-state index in [1.165, 1.54) is 12.7 Å². The first kappa shape index (κ1) is 22.1. The molecule has 0 unspecified atom stereocenters. The highest BCUT2D eigenvalue weighted by Crippen LogP contribution is 2.69. The Morgan fingerprint density at radius 2 is 2.03 bits per heavy atom. The van der Waals surface area contributed by atoms with Crippen molar-refractivity contribution < 1.29 is 29.3 Å². The minimum absolute atomic E-state index is 0.0186. The zero-order valence-corrected chi connectivity index (χ0v) is 18.6. The summed E-state index contributed by atoms with van der Waals surface area (Å²) in [5.74, 6) is 0.365. The van der Waals surface area contributed by atoms with Crippen LogP contribution in [0, 0.1) is 34.5 Å². The molecule has 6 nitrogen and oxygen atoms in total. The van der Waals surface area contributed by atoms with Crippen molar-refractivity contribution in [2.24, 2.45) is 34.5 Å². The number of Topliss-reactive ketones (excluding diaryl/α,β-unsaturated/α-hetero) is 1. The fourth-order valence-electron chi connectivity index (χ4n) is 8.26. The van der Waals surface area contributed by atoms with Crippen LogP contribution in [-0.2, 0) is 19.1 Å². The number of carbonyl (C=O) groups excluding carboxylic acids is 2. The van der Waals surface area contributed by atoms with E-state index in [0.29, 0.717) is 12.8 Å². The Kier molecular flexibility index (Phi) is 5.54. The lowest BCUT2D eigenvalue weighted by molar-refractivity contribution is -0.223. The first-order valence-corrected chi connectivity index (χ1v) is 11.3. The lowest BCUT2D eigenvalue weighted by Crippen LogP contribution is -2.64. The van der Waals surface area contributed by atoms with Crippen LogP contribution in [0.4, 0.5) is 0 Å². The summed E-state index contributed by atoms with van der Waals surface area (Å²) in [4.78, 5) is 25.2. The number of carbonyl (C=O) groups is 2. The van der Waals surface area contributed by atoms with Crippen LogP contribution in [0.2, 0.25) is 0 Å². The molecule has 4 rings (SSSR count). The summed E-state index contributed by atoms with van der Waals surface area (Å²) in [6.45, 7) is 5.73. The zero-order chi connectivity index (χ0) is 21.9. The normalized spacial score (nSPS) is 47.9. The number of aliphatic hydroxyl groups excluding tert-OH is 2. The van der Waals surface area contributed by atoms with E-state index >= 15 is 0 Å². The van der Waals surface area contributed by atoms with Crippen molar-refractivity contribution in [1.29, 1.82) is 0 Å². The SMILES string of the molecule is COCO[C@]1(C(=O)CO)[C@@H](C)C[C@H]2[C@@H]3CCC4=CC(=O)CC[C@]4(C)[C@H]3[C@@H](O)C[C@@]21C.